The van der Waals surface area contributed by atoms with E-state index in [0.717, 1.165) is 6.26 Å². The van der Waals surface area contributed by atoms with Crippen molar-refractivity contribution in [2.45, 2.75) is 39.3 Å². The number of likely N-dealkylation sites (N-methyl/N-ethyl adjacent to an activating group) is 1. The maximum Gasteiger partial charge on any atom is 0.242 e. The Bertz CT molecular complexity index is 1090. The summed E-state index contributed by atoms with van der Waals surface area (Å²) >= 11 is 6.16. The van der Waals surface area contributed by atoms with Gasteiger partial charge in [0.15, 0.2) is 0 Å². The number of carbonyl (C=O) groups excluding carboxylic acids is 2. The van der Waals surface area contributed by atoms with E-state index in [9.17, 15) is 22.4 Å². The number of halogens is 2. The molecule has 1 N–H and O–H groups in total. The number of nitrogens with one attached hydrogen (secondary N) is 1. The lowest BCUT2D eigenvalue weighted by atomic mass is 10.1. The molecule has 0 radical (unpaired) electrons. The Balaban J connectivity index is 2.17. The molecule has 0 spiro atoms. The van der Waals surface area contributed by atoms with E-state index in [0.29, 0.717) is 21.8 Å². The van der Waals surface area contributed by atoms with Crippen LogP contribution in [0.1, 0.15) is 30.9 Å². The Hall–Kier alpha value is -2.65. The molecule has 0 heterocycles. The summed E-state index contributed by atoms with van der Waals surface area (Å²) < 4.78 is 39.3. The van der Waals surface area contributed by atoms with Crippen LogP contribution < -0.4 is 9.62 Å². The third-order valence-corrected chi connectivity index (χ3v) is 6.93. The van der Waals surface area contributed by atoms with Gasteiger partial charge < -0.3 is 10.2 Å². The zero-order valence-corrected chi connectivity index (χ0v) is 20.7. The van der Waals surface area contributed by atoms with Gasteiger partial charge >= 0.3 is 0 Å². The van der Waals surface area contributed by atoms with Crippen molar-refractivity contribution >= 4 is 39.1 Å². The van der Waals surface area contributed by atoms with E-state index in [1.165, 1.54) is 28.4 Å². The summed E-state index contributed by atoms with van der Waals surface area (Å²) in [5, 5.41) is 2.98. The fourth-order valence-corrected chi connectivity index (χ4v) is 4.61. The minimum atomic E-state index is -3.61. The van der Waals surface area contributed by atoms with Gasteiger partial charge in [-0.15, -0.1) is 0 Å². The summed E-state index contributed by atoms with van der Waals surface area (Å²) in [6.45, 7) is 3.54. The first kappa shape index (κ1) is 26.6. The van der Waals surface area contributed by atoms with Crippen molar-refractivity contribution in [2.24, 2.45) is 0 Å². The van der Waals surface area contributed by atoms with Crippen LogP contribution in [0, 0.1) is 12.7 Å². The fraction of sp³-hybridized carbons (Fsp3) is 0.391. The number of rotatable bonds is 10. The number of anilines is 1. The number of hydrogen-bond acceptors (Lipinski definition) is 4. The predicted molar refractivity (Wildman–Crippen MR) is 128 cm³/mol. The summed E-state index contributed by atoms with van der Waals surface area (Å²) in [7, 11) is -2.13. The Labute approximate surface area is 199 Å². The second-order valence-electron chi connectivity index (χ2n) is 7.76. The summed E-state index contributed by atoms with van der Waals surface area (Å²) in [6.07, 6.45) is 1.36. The quantitative estimate of drug-likeness (QED) is 0.544. The molecule has 10 heteroatoms. The van der Waals surface area contributed by atoms with Gasteiger partial charge in [-0.3, -0.25) is 13.9 Å². The normalized spacial score (nSPS) is 12.2. The van der Waals surface area contributed by atoms with E-state index in [1.54, 1.807) is 44.2 Å². The molecule has 0 bridgehead atoms. The van der Waals surface area contributed by atoms with Crippen LogP contribution in [-0.2, 0) is 26.2 Å². The second-order valence-corrected chi connectivity index (χ2v) is 10.1. The number of benzene rings is 2. The Kier molecular flexibility index (Phi) is 9.25. The Morgan fingerprint density at radius 3 is 2.36 bits per heavy atom. The van der Waals surface area contributed by atoms with Crippen LogP contribution in [0.3, 0.4) is 0 Å². The summed E-state index contributed by atoms with van der Waals surface area (Å²) in [5.41, 5.74) is 1.76. The molecule has 0 fully saturated rings. The highest BCUT2D eigenvalue weighted by Crippen LogP contribution is 2.28. The van der Waals surface area contributed by atoms with Crippen LogP contribution in [0.2, 0.25) is 5.02 Å². The standard InChI is InChI=1S/C23H29ClFN3O4S/c1-16-20(24)7-5-8-21(16)28(33(4,31)32)14-6-9-22(29)27(17(2)23(30)26-3)15-18-10-12-19(25)13-11-18/h5,7-8,10-13,17H,6,9,14-15H2,1-4H3,(H,26,30). The molecule has 180 valence electrons. The number of nitrogens with zero attached hydrogens (tertiary/aromatic N) is 2. The molecular formula is C23H29ClFN3O4S. The van der Waals surface area contributed by atoms with Gasteiger partial charge in [0, 0.05) is 31.6 Å². The smallest absolute Gasteiger partial charge is 0.242 e. The van der Waals surface area contributed by atoms with Crippen LogP contribution in [0.25, 0.3) is 0 Å². The number of carbonyl (C=O) groups is 2. The molecule has 0 aliphatic heterocycles. The molecule has 2 rings (SSSR count). The van der Waals surface area contributed by atoms with Gasteiger partial charge in [-0.05, 0) is 55.7 Å². The van der Waals surface area contributed by atoms with Crippen molar-refractivity contribution in [3.05, 3.63) is 64.4 Å². The average Bonchev–Trinajstić information content (AvgIpc) is 2.76. The van der Waals surface area contributed by atoms with E-state index in [-0.39, 0.29) is 37.7 Å². The molecule has 0 saturated carbocycles. The minimum Gasteiger partial charge on any atom is -0.357 e. The third kappa shape index (κ3) is 7.17. The van der Waals surface area contributed by atoms with Gasteiger partial charge in [0.1, 0.15) is 11.9 Å². The summed E-state index contributed by atoms with van der Waals surface area (Å²) in [5.74, 6) is -1.04. The topological polar surface area (TPSA) is 86.8 Å². The van der Waals surface area contributed by atoms with Gasteiger partial charge in [0.25, 0.3) is 0 Å². The van der Waals surface area contributed by atoms with Crippen LogP contribution >= 0.6 is 11.6 Å². The first-order valence-corrected chi connectivity index (χ1v) is 12.7. The van der Waals surface area contributed by atoms with Gasteiger partial charge in [-0.25, -0.2) is 12.8 Å². The first-order valence-electron chi connectivity index (χ1n) is 10.4. The average molecular weight is 498 g/mol. The van der Waals surface area contributed by atoms with E-state index >= 15 is 0 Å². The van der Waals surface area contributed by atoms with E-state index in [2.05, 4.69) is 5.32 Å². The van der Waals surface area contributed by atoms with Crippen LogP contribution in [0.4, 0.5) is 10.1 Å². The van der Waals surface area contributed by atoms with Gasteiger partial charge in [-0.1, -0.05) is 29.8 Å². The van der Waals surface area contributed by atoms with E-state index < -0.39 is 21.9 Å². The SMILES string of the molecule is CNC(=O)C(C)N(Cc1ccc(F)cc1)C(=O)CCCN(c1cccc(Cl)c1C)S(C)(=O)=O. The highest BCUT2D eigenvalue weighted by Gasteiger charge is 2.26. The lowest BCUT2D eigenvalue weighted by Crippen LogP contribution is -2.46. The predicted octanol–water partition coefficient (Wildman–Crippen LogP) is 3.50. The molecule has 0 aromatic heterocycles. The molecular weight excluding hydrogens is 469 g/mol. The molecule has 2 aromatic carbocycles. The van der Waals surface area contributed by atoms with Crippen molar-refractivity contribution in [1.29, 1.82) is 0 Å². The third-order valence-electron chi connectivity index (χ3n) is 5.34. The number of amides is 2. The van der Waals surface area contributed by atoms with Crippen molar-refractivity contribution < 1.29 is 22.4 Å². The summed E-state index contributed by atoms with van der Waals surface area (Å²) in [4.78, 5) is 26.7. The lowest BCUT2D eigenvalue weighted by molar-refractivity contribution is -0.140. The van der Waals surface area contributed by atoms with Gasteiger partial charge in [-0.2, -0.15) is 0 Å². The maximum atomic E-state index is 13.2. The number of hydrogen-bond donors (Lipinski definition) is 1. The van der Waals surface area contributed by atoms with Crippen LogP contribution in [0.15, 0.2) is 42.5 Å². The van der Waals surface area contributed by atoms with E-state index in [4.69, 9.17) is 11.6 Å². The zero-order valence-electron chi connectivity index (χ0n) is 19.1. The second kappa shape index (κ2) is 11.5. The highest BCUT2D eigenvalue weighted by molar-refractivity contribution is 7.92. The van der Waals surface area contributed by atoms with Crippen molar-refractivity contribution in [3.63, 3.8) is 0 Å². The monoisotopic (exact) mass is 497 g/mol. The number of sulfonamides is 1. The molecule has 7 nitrogen and oxygen atoms in total. The van der Waals surface area contributed by atoms with Crippen molar-refractivity contribution in [2.75, 3.05) is 24.2 Å². The Morgan fingerprint density at radius 1 is 1.15 bits per heavy atom. The molecule has 0 aliphatic rings. The minimum absolute atomic E-state index is 0.0220. The lowest BCUT2D eigenvalue weighted by Gasteiger charge is -2.29. The van der Waals surface area contributed by atoms with Crippen LogP contribution in [-0.4, -0.2) is 51.0 Å². The largest absolute Gasteiger partial charge is 0.357 e. The maximum absolute atomic E-state index is 13.2. The van der Waals surface area contributed by atoms with Crippen molar-refractivity contribution in [3.8, 4) is 0 Å². The molecule has 1 unspecified atom stereocenters. The molecule has 0 aliphatic carbocycles. The fourth-order valence-electron chi connectivity index (χ4n) is 3.43. The zero-order chi connectivity index (χ0) is 24.8. The molecule has 2 amide bonds. The van der Waals surface area contributed by atoms with Crippen molar-refractivity contribution in [1.82, 2.24) is 10.2 Å². The molecule has 33 heavy (non-hydrogen) atoms. The molecule has 1 atom stereocenters. The molecule has 0 saturated heterocycles. The van der Waals surface area contributed by atoms with Gasteiger partial charge in [0.05, 0.1) is 11.9 Å². The Morgan fingerprint density at radius 2 is 1.79 bits per heavy atom. The highest BCUT2D eigenvalue weighted by atomic mass is 35.5. The summed E-state index contributed by atoms with van der Waals surface area (Å²) in [6, 6.07) is 9.95. The van der Waals surface area contributed by atoms with E-state index in [1.807, 2.05) is 0 Å². The molecule has 2 aromatic rings. The van der Waals surface area contributed by atoms with Gasteiger partial charge in [0.2, 0.25) is 21.8 Å². The first-order chi connectivity index (χ1) is 15.5. The van der Waals surface area contributed by atoms with Crippen LogP contribution in [0.5, 0.6) is 0 Å².